The molecule has 0 unspecified atom stereocenters. The molecule has 0 radical (unpaired) electrons. The molecule has 4 rings (SSSR count). The fourth-order valence-corrected chi connectivity index (χ4v) is 5.43. The van der Waals surface area contributed by atoms with Crippen LogP contribution >= 0.6 is 0 Å². The number of benzene rings is 2. The van der Waals surface area contributed by atoms with Gasteiger partial charge in [0.1, 0.15) is 12.4 Å². The van der Waals surface area contributed by atoms with Crippen LogP contribution in [0.4, 0.5) is 5.82 Å². The van der Waals surface area contributed by atoms with Crippen molar-refractivity contribution in [3.63, 3.8) is 0 Å². The molecule has 190 valence electrons. The number of anilines is 1. The smallest absolute Gasteiger partial charge is 0.265 e. The number of nitrogens with one attached hydrogen (secondary N) is 1. The van der Waals surface area contributed by atoms with Crippen molar-refractivity contribution in [1.29, 1.82) is 0 Å². The highest BCUT2D eigenvalue weighted by molar-refractivity contribution is 7.92. The molecule has 0 atom stereocenters. The average molecular weight is 516 g/mol. The summed E-state index contributed by atoms with van der Waals surface area (Å²) in [4.78, 5) is 17.0. The van der Waals surface area contributed by atoms with Gasteiger partial charge in [-0.3, -0.25) is 4.79 Å². The number of carbonyl (C=O) groups is 1. The molecule has 8 nitrogen and oxygen atoms in total. The predicted octanol–water partition coefficient (Wildman–Crippen LogP) is 4.45. The SMILES string of the molecule is Cc1ccc(-n2c(C)cc(/C=N\NC(=O)CN(c3ccccn3)S(=O)(=O)c3ccccc3)c2C)cc1C. The van der Waals surface area contributed by atoms with E-state index in [2.05, 4.69) is 52.1 Å². The van der Waals surface area contributed by atoms with E-state index in [1.54, 1.807) is 42.6 Å². The summed E-state index contributed by atoms with van der Waals surface area (Å²) in [6, 6.07) is 21.1. The molecule has 0 aliphatic rings. The van der Waals surface area contributed by atoms with Crippen molar-refractivity contribution in [1.82, 2.24) is 15.0 Å². The van der Waals surface area contributed by atoms with Gasteiger partial charge < -0.3 is 4.57 Å². The zero-order valence-electron chi connectivity index (χ0n) is 21.2. The number of rotatable bonds is 8. The first-order valence-corrected chi connectivity index (χ1v) is 13.2. The van der Waals surface area contributed by atoms with E-state index >= 15 is 0 Å². The average Bonchev–Trinajstić information content (AvgIpc) is 3.17. The zero-order chi connectivity index (χ0) is 26.6. The molecule has 0 aliphatic carbocycles. The minimum absolute atomic E-state index is 0.0655. The summed E-state index contributed by atoms with van der Waals surface area (Å²) in [6.07, 6.45) is 3.04. The standard InChI is InChI=1S/C28H29N5O3S/c1-20-13-14-25(16-21(20)2)33-22(3)17-24(23(33)4)18-30-31-28(34)19-32(27-12-8-9-15-29-27)37(35,36)26-10-6-5-7-11-26/h5-18H,19H2,1-4H3,(H,31,34)/b30-18-. The summed E-state index contributed by atoms with van der Waals surface area (Å²) in [5.41, 5.74) is 8.79. The van der Waals surface area contributed by atoms with Gasteiger partial charge in [0.15, 0.2) is 0 Å². The first-order chi connectivity index (χ1) is 17.7. The maximum atomic E-state index is 13.3. The summed E-state index contributed by atoms with van der Waals surface area (Å²) in [5, 5.41) is 4.10. The first kappa shape index (κ1) is 25.8. The molecule has 0 saturated heterocycles. The zero-order valence-corrected chi connectivity index (χ0v) is 22.0. The Bertz CT molecular complexity index is 1550. The normalized spacial score (nSPS) is 11.6. The van der Waals surface area contributed by atoms with Gasteiger partial charge in [0.25, 0.3) is 15.9 Å². The Morgan fingerprint density at radius 1 is 0.973 bits per heavy atom. The van der Waals surface area contributed by atoms with Gasteiger partial charge in [-0.15, -0.1) is 0 Å². The van der Waals surface area contributed by atoms with E-state index in [0.29, 0.717) is 0 Å². The van der Waals surface area contributed by atoms with E-state index in [4.69, 9.17) is 0 Å². The van der Waals surface area contributed by atoms with Gasteiger partial charge in [-0.25, -0.2) is 23.1 Å². The van der Waals surface area contributed by atoms with Gasteiger partial charge in [-0.2, -0.15) is 5.10 Å². The number of amides is 1. The second-order valence-corrected chi connectivity index (χ2v) is 10.6. The number of hydrazone groups is 1. The summed E-state index contributed by atoms with van der Waals surface area (Å²) in [5.74, 6) is -0.452. The number of pyridine rings is 1. The number of sulfonamides is 1. The van der Waals surface area contributed by atoms with Gasteiger partial charge in [0, 0.05) is 28.8 Å². The second-order valence-electron chi connectivity index (χ2n) is 8.74. The molecule has 0 saturated carbocycles. The minimum atomic E-state index is -4.02. The summed E-state index contributed by atoms with van der Waals surface area (Å²) in [6.45, 7) is 7.68. The van der Waals surface area contributed by atoms with E-state index in [9.17, 15) is 13.2 Å². The van der Waals surface area contributed by atoms with E-state index in [1.165, 1.54) is 29.5 Å². The van der Waals surface area contributed by atoms with Crippen molar-refractivity contribution in [3.05, 3.63) is 107 Å². The van der Waals surface area contributed by atoms with E-state index in [0.717, 1.165) is 26.9 Å². The largest absolute Gasteiger partial charge is 0.318 e. The molecule has 0 fully saturated rings. The third kappa shape index (κ3) is 5.62. The number of nitrogens with zero attached hydrogens (tertiary/aromatic N) is 4. The molecule has 1 N–H and O–H groups in total. The van der Waals surface area contributed by atoms with Gasteiger partial charge >= 0.3 is 0 Å². The lowest BCUT2D eigenvalue weighted by molar-refractivity contribution is -0.119. The maximum Gasteiger partial charge on any atom is 0.265 e. The first-order valence-electron chi connectivity index (χ1n) is 11.8. The number of carbonyl (C=O) groups excluding carboxylic acids is 1. The Labute approximate surface area is 217 Å². The number of aryl methyl sites for hydroxylation is 3. The monoisotopic (exact) mass is 515 g/mol. The molecule has 0 aliphatic heterocycles. The summed E-state index contributed by atoms with van der Waals surface area (Å²) in [7, 11) is -4.02. The fraction of sp³-hybridized carbons (Fsp3) is 0.179. The number of aromatic nitrogens is 2. The van der Waals surface area contributed by atoms with Crippen LogP contribution < -0.4 is 9.73 Å². The van der Waals surface area contributed by atoms with Crippen molar-refractivity contribution < 1.29 is 13.2 Å². The Kier molecular flexibility index (Phi) is 7.54. The van der Waals surface area contributed by atoms with Crippen LogP contribution in [0.3, 0.4) is 0 Å². The van der Waals surface area contributed by atoms with Crippen molar-refractivity contribution >= 4 is 28.0 Å². The minimum Gasteiger partial charge on any atom is -0.318 e. The lowest BCUT2D eigenvalue weighted by Gasteiger charge is -2.22. The van der Waals surface area contributed by atoms with Crippen molar-refractivity contribution in [3.8, 4) is 5.69 Å². The Morgan fingerprint density at radius 3 is 2.38 bits per heavy atom. The van der Waals surface area contributed by atoms with E-state index < -0.39 is 22.5 Å². The van der Waals surface area contributed by atoms with Crippen LogP contribution in [0.15, 0.2) is 89.0 Å². The Morgan fingerprint density at radius 2 is 1.70 bits per heavy atom. The lowest BCUT2D eigenvalue weighted by Crippen LogP contribution is -2.40. The highest BCUT2D eigenvalue weighted by Gasteiger charge is 2.27. The fourth-order valence-electron chi connectivity index (χ4n) is 4.03. The number of hydrogen-bond donors (Lipinski definition) is 1. The van der Waals surface area contributed by atoms with Crippen LogP contribution in [0, 0.1) is 27.7 Å². The van der Waals surface area contributed by atoms with Crippen LogP contribution in [0.1, 0.15) is 28.1 Å². The molecule has 2 aromatic heterocycles. The molecule has 4 aromatic rings. The Balaban J connectivity index is 1.53. The summed E-state index contributed by atoms with van der Waals surface area (Å²) < 4.78 is 29.7. The predicted molar refractivity (Wildman–Crippen MR) is 146 cm³/mol. The highest BCUT2D eigenvalue weighted by atomic mass is 32.2. The molecule has 2 aromatic carbocycles. The maximum absolute atomic E-state index is 13.3. The van der Waals surface area contributed by atoms with Gasteiger partial charge in [-0.05, 0) is 81.3 Å². The third-order valence-corrected chi connectivity index (χ3v) is 7.90. The van der Waals surface area contributed by atoms with Crippen molar-refractivity contribution in [2.45, 2.75) is 32.6 Å². The van der Waals surface area contributed by atoms with Crippen LogP contribution in [-0.4, -0.2) is 36.6 Å². The topological polar surface area (TPSA) is 96.7 Å². The molecule has 0 bridgehead atoms. The van der Waals surface area contributed by atoms with Crippen LogP contribution in [0.5, 0.6) is 0 Å². The molecule has 37 heavy (non-hydrogen) atoms. The second kappa shape index (κ2) is 10.8. The van der Waals surface area contributed by atoms with Gasteiger partial charge in [0.05, 0.1) is 11.1 Å². The van der Waals surface area contributed by atoms with Gasteiger partial charge in [0.2, 0.25) is 0 Å². The molecule has 2 heterocycles. The molecular formula is C28H29N5O3S. The quantitative estimate of drug-likeness (QED) is 0.277. The van der Waals surface area contributed by atoms with Crippen molar-refractivity contribution in [2.24, 2.45) is 5.10 Å². The Hall–Kier alpha value is -4.24. The molecule has 0 spiro atoms. The number of hydrogen-bond acceptors (Lipinski definition) is 5. The van der Waals surface area contributed by atoms with Crippen LogP contribution in [0.25, 0.3) is 5.69 Å². The molecule has 1 amide bonds. The highest BCUT2D eigenvalue weighted by Crippen LogP contribution is 2.23. The molecule has 9 heteroatoms. The van der Waals surface area contributed by atoms with E-state index in [-0.39, 0.29) is 10.7 Å². The van der Waals surface area contributed by atoms with Crippen LogP contribution in [0.2, 0.25) is 0 Å². The third-order valence-electron chi connectivity index (χ3n) is 6.14. The summed E-state index contributed by atoms with van der Waals surface area (Å²) >= 11 is 0. The van der Waals surface area contributed by atoms with Crippen molar-refractivity contribution in [2.75, 3.05) is 10.8 Å². The van der Waals surface area contributed by atoms with Gasteiger partial charge in [-0.1, -0.05) is 30.3 Å². The van der Waals surface area contributed by atoms with E-state index in [1.807, 2.05) is 19.9 Å². The molecular weight excluding hydrogens is 486 g/mol. The lowest BCUT2D eigenvalue weighted by atomic mass is 10.1. The van der Waals surface area contributed by atoms with Crippen LogP contribution in [-0.2, 0) is 14.8 Å².